The molecule has 0 aromatic heterocycles. The van der Waals surface area contributed by atoms with Crippen LogP contribution in [0.2, 0.25) is 0 Å². The first-order chi connectivity index (χ1) is 8.98. The molecule has 0 aromatic rings. The molecule has 1 aliphatic heterocycles. The smallest absolute Gasteiger partial charge is 0.222 e. The van der Waals surface area contributed by atoms with Crippen molar-refractivity contribution >= 4 is 5.91 Å². The third-order valence-electron chi connectivity index (χ3n) is 4.46. The number of amides is 1. The second-order valence-electron chi connectivity index (χ2n) is 6.83. The van der Waals surface area contributed by atoms with Crippen LogP contribution in [0, 0.1) is 11.3 Å². The van der Waals surface area contributed by atoms with Crippen LogP contribution in [0.25, 0.3) is 0 Å². The number of carbonyl (C=O) groups excluding carboxylic acids is 1. The summed E-state index contributed by atoms with van der Waals surface area (Å²) < 4.78 is 0. The molecule has 3 nitrogen and oxygen atoms in total. The molecule has 1 aliphatic rings. The summed E-state index contributed by atoms with van der Waals surface area (Å²) in [5, 5.41) is 0. The summed E-state index contributed by atoms with van der Waals surface area (Å²) in [6, 6.07) is 0. The average molecular weight is 268 g/mol. The lowest BCUT2D eigenvalue weighted by molar-refractivity contribution is -0.130. The Morgan fingerprint density at radius 1 is 1.37 bits per heavy atom. The van der Waals surface area contributed by atoms with E-state index in [1.807, 2.05) is 0 Å². The van der Waals surface area contributed by atoms with E-state index in [1.54, 1.807) is 0 Å². The molecule has 1 fully saturated rings. The Hall–Kier alpha value is -0.570. The van der Waals surface area contributed by atoms with E-state index in [-0.39, 0.29) is 5.41 Å². The molecule has 1 unspecified atom stereocenters. The summed E-state index contributed by atoms with van der Waals surface area (Å²) in [4.78, 5) is 14.2. The molecule has 19 heavy (non-hydrogen) atoms. The molecule has 112 valence electrons. The van der Waals surface area contributed by atoms with Crippen LogP contribution in [0.5, 0.6) is 0 Å². The lowest BCUT2D eigenvalue weighted by atomic mass is 9.88. The first-order valence-corrected chi connectivity index (χ1v) is 7.96. The monoisotopic (exact) mass is 268 g/mol. The Labute approximate surface area is 118 Å². The number of rotatable bonds is 7. The molecule has 0 aliphatic carbocycles. The van der Waals surface area contributed by atoms with Gasteiger partial charge in [-0.05, 0) is 43.6 Å². The van der Waals surface area contributed by atoms with Gasteiger partial charge in [0.25, 0.3) is 0 Å². The van der Waals surface area contributed by atoms with Gasteiger partial charge in [-0.3, -0.25) is 4.79 Å². The highest BCUT2D eigenvalue weighted by molar-refractivity contribution is 5.76. The van der Waals surface area contributed by atoms with Gasteiger partial charge in [-0.15, -0.1) is 0 Å². The number of hydrogen-bond acceptors (Lipinski definition) is 2. The molecule has 1 heterocycles. The predicted molar refractivity (Wildman–Crippen MR) is 80.9 cm³/mol. The van der Waals surface area contributed by atoms with Gasteiger partial charge in [0.2, 0.25) is 5.91 Å². The summed E-state index contributed by atoms with van der Waals surface area (Å²) in [7, 11) is 0. The van der Waals surface area contributed by atoms with Crippen LogP contribution in [0.3, 0.4) is 0 Å². The fraction of sp³-hybridized carbons (Fsp3) is 0.938. The minimum absolute atomic E-state index is 0.208. The largest absolute Gasteiger partial charge is 0.343 e. The third-order valence-corrected chi connectivity index (χ3v) is 4.46. The van der Waals surface area contributed by atoms with Crippen LogP contribution in [-0.4, -0.2) is 30.4 Å². The maximum Gasteiger partial charge on any atom is 0.222 e. The quantitative estimate of drug-likeness (QED) is 0.771. The molecule has 0 radical (unpaired) electrons. The van der Waals surface area contributed by atoms with Gasteiger partial charge in [0.15, 0.2) is 0 Å². The second kappa shape index (κ2) is 7.88. The molecular weight excluding hydrogens is 236 g/mol. The van der Waals surface area contributed by atoms with Crippen LogP contribution >= 0.6 is 0 Å². The number of nitrogens with zero attached hydrogens (tertiary/aromatic N) is 1. The highest BCUT2D eigenvalue weighted by Gasteiger charge is 2.22. The van der Waals surface area contributed by atoms with Crippen molar-refractivity contribution in [2.45, 2.75) is 65.7 Å². The molecule has 0 bridgehead atoms. The first-order valence-electron chi connectivity index (χ1n) is 7.96. The van der Waals surface area contributed by atoms with Crippen molar-refractivity contribution in [2.75, 3.05) is 19.6 Å². The lowest BCUT2D eigenvalue weighted by Crippen LogP contribution is -2.32. The molecule has 0 saturated carbocycles. The van der Waals surface area contributed by atoms with Gasteiger partial charge < -0.3 is 10.6 Å². The van der Waals surface area contributed by atoms with Gasteiger partial charge in [0, 0.05) is 19.5 Å². The Morgan fingerprint density at radius 3 is 2.74 bits per heavy atom. The summed E-state index contributed by atoms with van der Waals surface area (Å²) in [5.74, 6) is 1.13. The summed E-state index contributed by atoms with van der Waals surface area (Å²) in [6.07, 6.45) is 7.74. The van der Waals surface area contributed by atoms with Crippen molar-refractivity contribution in [1.29, 1.82) is 0 Å². The molecule has 1 saturated heterocycles. The van der Waals surface area contributed by atoms with Crippen molar-refractivity contribution in [1.82, 2.24) is 4.90 Å². The summed E-state index contributed by atoms with van der Waals surface area (Å²) in [5.41, 5.74) is 5.96. The van der Waals surface area contributed by atoms with Crippen LogP contribution in [0.1, 0.15) is 65.7 Å². The second-order valence-corrected chi connectivity index (χ2v) is 6.83. The Kier molecular flexibility index (Phi) is 6.84. The van der Waals surface area contributed by atoms with E-state index < -0.39 is 0 Å². The highest BCUT2D eigenvalue weighted by Crippen LogP contribution is 2.24. The van der Waals surface area contributed by atoms with Crippen LogP contribution < -0.4 is 5.73 Å². The van der Waals surface area contributed by atoms with Gasteiger partial charge in [-0.1, -0.05) is 33.6 Å². The van der Waals surface area contributed by atoms with E-state index in [4.69, 9.17) is 5.73 Å². The average Bonchev–Trinajstić information content (AvgIpc) is 2.54. The summed E-state index contributed by atoms with van der Waals surface area (Å²) >= 11 is 0. The lowest BCUT2D eigenvalue weighted by Gasteiger charge is -2.25. The number of carbonyl (C=O) groups is 1. The molecule has 1 amide bonds. The minimum atomic E-state index is 0.208. The normalized spacial score (nSPS) is 21.6. The zero-order valence-corrected chi connectivity index (χ0v) is 13.1. The molecule has 0 spiro atoms. The van der Waals surface area contributed by atoms with Crippen LogP contribution in [0.15, 0.2) is 0 Å². The van der Waals surface area contributed by atoms with Crippen molar-refractivity contribution in [3.8, 4) is 0 Å². The molecule has 1 rings (SSSR count). The topological polar surface area (TPSA) is 46.3 Å². The molecule has 0 aromatic carbocycles. The van der Waals surface area contributed by atoms with Crippen LogP contribution in [0.4, 0.5) is 0 Å². The van der Waals surface area contributed by atoms with Crippen molar-refractivity contribution in [3.63, 3.8) is 0 Å². The molecular formula is C16H32N2O. The fourth-order valence-electron chi connectivity index (χ4n) is 2.88. The van der Waals surface area contributed by atoms with Gasteiger partial charge >= 0.3 is 0 Å². The zero-order valence-electron chi connectivity index (χ0n) is 13.1. The highest BCUT2D eigenvalue weighted by atomic mass is 16.2. The van der Waals surface area contributed by atoms with E-state index in [1.165, 1.54) is 19.3 Å². The molecule has 2 N–H and O–H groups in total. The minimum Gasteiger partial charge on any atom is -0.343 e. The number of likely N-dealkylation sites (tertiary alicyclic amines) is 1. The predicted octanol–water partition coefficient (Wildman–Crippen LogP) is 3.18. The summed E-state index contributed by atoms with van der Waals surface area (Å²) in [6.45, 7) is 9.25. The van der Waals surface area contributed by atoms with Gasteiger partial charge in [0.05, 0.1) is 0 Å². The Morgan fingerprint density at radius 2 is 2.11 bits per heavy atom. The van der Waals surface area contributed by atoms with Crippen molar-refractivity contribution < 1.29 is 4.79 Å². The van der Waals surface area contributed by atoms with E-state index in [9.17, 15) is 4.79 Å². The maximum atomic E-state index is 12.1. The van der Waals surface area contributed by atoms with Gasteiger partial charge in [-0.25, -0.2) is 0 Å². The van der Waals surface area contributed by atoms with E-state index in [0.29, 0.717) is 5.91 Å². The van der Waals surface area contributed by atoms with Crippen molar-refractivity contribution in [2.24, 2.45) is 17.1 Å². The molecule has 1 atom stereocenters. The maximum absolute atomic E-state index is 12.1. The number of nitrogens with two attached hydrogens (primary N) is 1. The fourth-order valence-corrected chi connectivity index (χ4v) is 2.88. The van der Waals surface area contributed by atoms with Gasteiger partial charge in [0.1, 0.15) is 0 Å². The third kappa shape index (κ3) is 5.94. The zero-order chi connectivity index (χ0) is 14.3. The van der Waals surface area contributed by atoms with Gasteiger partial charge in [-0.2, -0.15) is 0 Å². The molecule has 3 heteroatoms. The first kappa shape index (κ1) is 16.5. The standard InChI is InChI=1S/C16H32N2O/c1-4-6-14-7-8-15(19)18(12-9-14)11-5-10-16(2,3)13-17/h14H,4-13,17H2,1-3H3. The Bertz CT molecular complexity index is 276. The van der Waals surface area contributed by atoms with E-state index >= 15 is 0 Å². The Balaban J connectivity index is 2.35. The van der Waals surface area contributed by atoms with E-state index in [0.717, 1.165) is 51.2 Å². The van der Waals surface area contributed by atoms with E-state index in [2.05, 4.69) is 25.7 Å². The van der Waals surface area contributed by atoms with Crippen LogP contribution in [-0.2, 0) is 4.79 Å². The SMILES string of the molecule is CCCC1CCC(=O)N(CCCC(C)(C)CN)CC1. The number of hydrogen-bond donors (Lipinski definition) is 1. The van der Waals surface area contributed by atoms with Crippen molar-refractivity contribution in [3.05, 3.63) is 0 Å².